The van der Waals surface area contributed by atoms with Crippen molar-refractivity contribution in [2.45, 2.75) is 62.5 Å². The van der Waals surface area contributed by atoms with Gasteiger partial charge in [0, 0.05) is 12.6 Å². The summed E-state index contributed by atoms with van der Waals surface area (Å²) in [5.74, 6) is -2.37. The monoisotopic (exact) mass is 546 g/mol. The number of hydrogen-bond acceptors (Lipinski definition) is 7. The molecule has 2 saturated heterocycles. The highest BCUT2D eigenvalue weighted by Crippen LogP contribution is 2.36. The Morgan fingerprint density at radius 2 is 2.03 bits per heavy atom. The van der Waals surface area contributed by atoms with Crippen LogP contribution in [0.25, 0.3) is 10.9 Å². The second kappa shape index (κ2) is 9.03. The molecule has 12 heteroatoms. The molecular weight excluding hydrogens is 522 g/mol. The first-order chi connectivity index (χ1) is 15.5. The van der Waals surface area contributed by atoms with Crippen LogP contribution in [0.1, 0.15) is 33.6 Å². The lowest BCUT2D eigenvalue weighted by Gasteiger charge is -2.41. The number of hydrogen-bond donors (Lipinski definition) is 2. The van der Waals surface area contributed by atoms with E-state index < -0.39 is 33.4 Å². The molecule has 2 fully saturated rings. The number of thioether (sulfide) groups is 1. The Kier molecular flexibility index (Phi) is 6.62. The van der Waals surface area contributed by atoms with Gasteiger partial charge >= 0.3 is 6.09 Å². The van der Waals surface area contributed by atoms with Crippen molar-refractivity contribution in [3.8, 4) is 5.75 Å². The Morgan fingerprint density at radius 3 is 2.70 bits per heavy atom. The molecule has 1 aromatic heterocycles. The minimum atomic E-state index is -1.02. The molecule has 3 heterocycles. The van der Waals surface area contributed by atoms with Crippen LogP contribution in [0.4, 0.5) is 13.6 Å². The smallest absolute Gasteiger partial charge is 0.410 e. The lowest BCUT2D eigenvalue weighted by Crippen LogP contribution is -2.61. The van der Waals surface area contributed by atoms with E-state index in [0.29, 0.717) is 6.54 Å². The van der Waals surface area contributed by atoms with Gasteiger partial charge in [-0.1, -0.05) is 11.8 Å². The summed E-state index contributed by atoms with van der Waals surface area (Å²) in [7, 11) is 0. The van der Waals surface area contributed by atoms with Crippen LogP contribution in [-0.2, 0) is 4.74 Å². The number of carbonyl (C=O) groups is 1. The van der Waals surface area contributed by atoms with Crippen LogP contribution in [-0.4, -0.2) is 64.1 Å². The number of nitrogens with one attached hydrogen (secondary N) is 2. The van der Waals surface area contributed by atoms with Crippen LogP contribution in [0.3, 0.4) is 0 Å². The Balaban J connectivity index is 1.62. The largest absolute Gasteiger partial charge is 0.488 e. The fourth-order valence-electron chi connectivity index (χ4n) is 4.34. The molecule has 2 bridgehead atoms. The summed E-state index contributed by atoms with van der Waals surface area (Å²) >= 11 is 4.03. The summed E-state index contributed by atoms with van der Waals surface area (Å²) in [6.07, 6.45) is 2.83. The molecule has 4 rings (SSSR count). The molecular formula is C21H25BrF2N4O4S. The van der Waals surface area contributed by atoms with E-state index in [0.717, 1.165) is 24.6 Å². The van der Waals surface area contributed by atoms with Crippen LogP contribution >= 0.6 is 27.7 Å². The number of ether oxygens (including phenoxy) is 2. The molecule has 2 aliphatic rings. The van der Waals surface area contributed by atoms with Gasteiger partial charge in [-0.2, -0.15) is 0 Å². The van der Waals surface area contributed by atoms with Gasteiger partial charge < -0.3 is 19.8 Å². The Hall–Kier alpha value is -1.92. The Morgan fingerprint density at radius 1 is 1.30 bits per heavy atom. The summed E-state index contributed by atoms with van der Waals surface area (Å²) in [4.78, 5) is 33.7. The maximum Gasteiger partial charge on any atom is 0.410 e. The number of rotatable bonds is 4. The summed E-state index contributed by atoms with van der Waals surface area (Å²) in [5, 5.41) is 3.25. The summed E-state index contributed by atoms with van der Waals surface area (Å²) in [6, 6.07) is -0.529. The van der Waals surface area contributed by atoms with Gasteiger partial charge in [-0.05, 0) is 55.8 Å². The van der Waals surface area contributed by atoms with Gasteiger partial charge in [0.2, 0.25) is 0 Å². The number of H-pyrrole nitrogens is 1. The first-order valence-electron chi connectivity index (χ1n) is 10.5. The van der Waals surface area contributed by atoms with Crippen molar-refractivity contribution < 1.29 is 23.0 Å². The number of amides is 1. The molecule has 0 unspecified atom stereocenters. The van der Waals surface area contributed by atoms with Crippen molar-refractivity contribution in [2.75, 3.05) is 19.4 Å². The zero-order valence-corrected chi connectivity index (χ0v) is 21.0. The van der Waals surface area contributed by atoms with Gasteiger partial charge in [-0.25, -0.2) is 18.6 Å². The standard InChI is InChI=1S/C21H25BrF2N4O4S/c1-21(2,3)32-20(30)28-9-5-6-11(28)10(25-7-9)8-31-17-12-16(14(23)13(22)15(17)24)26-19(33-4)27-18(12)29/h9-11,25H,5-8H2,1-4H3,(H,26,27,29)/t9-,10-,11+/m1/s1. The molecule has 33 heavy (non-hydrogen) atoms. The average Bonchev–Trinajstić information content (AvgIpc) is 3.06. The highest BCUT2D eigenvalue weighted by Gasteiger charge is 2.46. The molecule has 180 valence electrons. The second-order valence-corrected chi connectivity index (χ2v) is 10.7. The molecule has 0 radical (unpaired) electrons. The quantitative estimate of drug-likeness (QED) is 0.342. The molecule has 2 aromatic rings. The van der Waals surface area contributed by atoms with Crippen molar-refractivity contribution in [3.63, 3.8) is 0 Å². The van der Waals surface area contributed by atoms with Crippen molar-refractivity contribution in [3.05, 3.63) is 26.5 Å². The first-order valence-corrected chi connectivity index (χ1v) is 12.6. The number of nitrogens with zero attached hydrogens (tertiary/aromatic N) is 2. The number of aromatic amines is 1. The number of piperazine rings is 1. The van der Waals surface area contributed by atoms with Crippen LogP contribution in [0, 0.1) is 11.6 Å². The molecule has 2 aliphatic heterocycles. The van der Waals surface area contributed by atoms with E-state index in [4.69, 9.17) is 9.47 Å². The van der Waals surface area contributed by atoms with E-state index in [2.05, 4.69) is 31.2 Å². The number of fused-ring (bicyclic) bond motifs is 3. The van der Waals surface area contributed by atoms with Crippen molar-refractivity contribution in [2.24, 2.45) is 0 Å². The van der Waals surface area contributed by atoms with E-state index in [9.17, 15) is 18.4 Å². The molecule has 8 nitrogen and oxygen atoms in total. The van der Waals surface area contributed by atoms with Gasteiger partial charge in [0.25, 0.3) is 5.56 Å². The average molecular weight is 547 g/mol. The summed E-state index contributed by atoms with van der Waals surface area (Å²) < 4.78 is 40.6. The van der Waals surface area contributed by atoms with Crippen LogP contribution in [0.5, 0.6) is 5.75 Å². The first kappa shape index (κ1) is 24.2. The molecule has 0 saturated carbocycles. The maximum absolute atomic E-state index is 15.0. The van der Waals surface area contributed by atoms with Crippen molar-refractivity contribution in [1.29, 1.82) is 0 Å². The topological polar surface area (TPSA) is 96.5 Å². The summed E-state index contributed by atoms with van der Waals surface area (Å²) in [6.45, 7) is 5.93. The molecule has 0 spiro atoms. The van der Waals surface area contributed by atoms with Crippen LogP contribution < -0.4 is 15.6 Å². The third-order valence-corrected chi connectivity index (χ3v) is 7.03. The number of halogens is 3. The maximum atomic E-state index is 15.0. The van der Waals surface area contributed by atoms with Crippen molar-refractivity contribution in [1.82, 2.24) is 20.2 Å². The molecule has 1 aromatic carbocycles. The molecule has 1 amide bonds. The fourth-order valence-corrected chi connectivity index (χ4v) is 5.08. The molecule has 3 atom stereocenters. The van der Waals surface area contributed by atoms with E-state index in [1.54, 1.807) is 11.2 Å². The minimum absolute atomic E-state index is 0.00985. The number of carbonyl (C=O) groups excluding carboxylic acids is 1. The molecule has 0 aliphatic carbocycles. The SMILES string of the molecule is CSc1nc2c(F)c(Br)c(F)c(OC[C@H]3NC[C@H]4CC[C@@H]3N4C(=O)OC(C)(C)C)c2c(=O)[nH]1. The zero-order chi connectivity index (χ0) is 24.1. The van der Waals surface area contributed by atoms with Crippen LogP contribution in [0.2, 0.25) is 0 Å². The van der Waals surface area contributed by atoms with Gasteiger partial charge in [0.1, 0.15) is 23.1 Å². The van der Waals surface area contributed by atoms with Gasteiger partial charge in [-0.15, -0.1) is 0 Å². The normalized spacial score (nSPS) is 22.6. The Labute approximate surface area is 201 Å². The molecule has 2 N–H and O–H groups in total. The van der Waals surface area contributed by atoms with E-state index in [1.165, 1.54) is 0 Å². The highest BCUT2D eigenvalue weighted by molar-refractivity contribution is 9.10. The summed E-state index contributed by atoms with van der Waals surface area (Å²) in [5.41, 5.74) is -1.60. The van der Waals surface area contributed by atoms with E-state index >= 15 is 0 Å². The predicted octanol–water partition coefficient (Wildman–Crippen LogP) is 3.80. The number of benzene rings is 1. The fraction of sp³-hybridized carbons (Fsp3) is 0.571. The second-order valence-electron chi connectivity index (χ2n) is 9.08. The van der Waals surface area contributed by atoms with Gasteiger partial charge in [0.05, 0.1) is 16.6 Å². The lowest BCUT2D eigenvalue weighted by atomic mass is 10.1. The van der Waals surface area contributed by atoms with Gasteiger partial charge in [-0.3, -0.25) is 9.69 Å². The Bertz CT molecular complexity index is 1160. The third-order valence-electron chi connectivity index (χ3n) is 5.75. The predicted molar refractivity (Wildman–Crippen MR) is 124 cm³/mol. The zero-order valence-electron chi connectivity index (χ0n) is 18.6. The van der Waals surface area contributed by atoms with Crippen molar-refractivity contribution >= 4 is 44.7 Å². The minimum Gasteiger partial charge on any atom is -0.488 e. The lowest BCUT2D eigenvalue weighted by molar-refractivity contribution is 0.00114. The van der Waals surface area contributed by atoms with Gasteiger partial charge in [0.15, 0.2) is 22.5 Å². The van der Waals surface area contributed by atoms with E-state index in [-0.39, 0.29) is 46.5 Å². The number of aromatic nitrogens is 2. The highest BCUT2D eigenvalue weighted by atomic mass is 79.9. The third kappa shape index (κ3) is 4.57. The van der Waals surface area contributed by atoms with E-state index in [1.807, 2.05) is 20.8 Å². The van der Waals surface area contributed by atoms with Crippen LogP contribution in [0.15, 0.2) is 14.4 Å².